The smallest absolute Gasteiger partial charge is 0.127 e. The molecule has 0 aliphatic heterocycles. The summed E-state index contributed by atoms with van der Waals surface area (Å²) in [5.41, 5.74) is 13.0. The average Bonchev–Trinajstić information content (AvgIpc) is 3.26. The van der Waals surface area contributed by atoms with Gasteiger partial charge in [0.1, 0.15) is 11.5 Å². The van der Waals surface area contributed by atoms with Crippen molar-refractivity contribution in [2.45, 2.75) is 25.7 Å². The van der Waals surface area contributed by atoms with E-state index in [-0.39, 0.29) is 0 Å². The Balaban J connectivity index is 1.22. The molecule has 0 heterocycles. The van der Waals surface area contributed by atoms with E-state index in [4.69, 9.17) is 4.74 Å². The van der Waals surface area contributed by atoms with Crippen LogP contribution in [0.1, 0.15) is 51.8 Å². The molecule has 0 amide bonds. The first-order chi connectivity index (χ1) is 15.9. The molecule has 1 nitrogen and oxygen atoms in total. The van der Waals surface area contributed by atoms with E-state index < -0.39 is 0 Å². The van der Waals surface area contributed by atoms with Gasteiger partial charge in [-0.1, -0.05) is 75.4 Å². The van der Waals surface area contributed by atoms with Gasteiger partial charge in [0, 0.05) is 5.56 Å². The predicted octanol–water partition coefficient (Wildman–Crippen LogP) is 8.38. The second-order valence-electron chi connectivity index (χ2n) is 9.08. The summed E-state index contributed by atoms with van der Waals surface area (Å²) in [5, 5.41) is 0. The molecule has 162 valence electrons. The molecule has 0 aromatic heterocycles. The van der Waals surface area contributed by atoms with Crippen molar-refractivity contribution in [3.8, 4) is 5.75 Å². The molecule has 0 fully saturated rings. The maximum Gasteiger partial charge on any atom is 0.127 e. The van der Waals surface area contributed by atoms with Crippen molar-refractivity contribution in [1.29, 1.82) is 0 Å². The first-order valence-electron chi connectivity index (χ1n) is 11.3. The van der Waals surface area contributed by atoms with Gasteiger partial charge in [-0.15, -0.1) is 0 Å². The molecule has 5 rings (SSSR count). The molecule has 0 spiro atoms. The van der Waals surface area contributed by atoms with Crippen molar-refractivity contribution in [1.82, 2.24) is 0 Å². The van der Waals surface area contributed by atoms with Gasteiger partial charge in [-0.05, 0) is 99.6 Å². The molecule has 0 bridgehead atoms. The molecular weight excluding hydrogens is 400 g/mol. The summed E-state index contributed by atoms with van der Waals surface area (Å²) in [5.74, 6) is 1.43. The van der Waals surface area contributed by atoms with Crippen LogP contribution in [-0.2, 0) is 12.8 Å². The summed E-state index contributed by atoms with van der Waals surface area (Å²) >= 11 is 0. The van der Waals surface area contributed by atoms with E-state index in [1.807, 2.05) is 18.2 Å². The van der Waals surface area contributed by atoms with Crippen LogP contribution >= 0.6 is 0 Å². The first kappa shape index (κ1) is 21.0. The van der Waals surface area contributed by atoms with Gasteiger partial charge in [0.15, 0.2) is 0 Å². The first-order valence-corrected chi connectivity index (χ1v) is 11.3. The second-order valence-corrected chi connectivity index (χ2v) is 9.08. The molecule has 1 heteroatoms. The molecule has 0 unspecified atom stereocenters. The topological polar surface area (TPSA) is 9.23 Å². The molecule has 0 atom stereocenters. The monoisotopic (exact) mass is 428 g/mol. The van der Waals surface area contributed by atoms with Crippen LogP contribution in [0.5, 0.6) is 5.75 Å². The zero-order chi connectivity index (χ0) is 23.1. The number of hydrogen-bond donors (Lipinski definition) is 0. The van der Waals surface area contributed by atoms with Crippen molar-refractivity contribution >= 4 is 28.1 Å². The average molecular weight is 429 g/mol. The van der Waals surface area contributed by atoms with Crippen molar-refractivity contribution < 1.29 is 4.74 Å². The Labute approximate surface area is 196 Å². The third-order valence-electron chi connectivity index (χ3n) is 6.67. The number of benzene rings is 3. The van der Waals surface area contributed by atoms with E-state index in [1.165, 1.54) is 39.0 Å². The minimum Gasteiger partial charge on any atom is -0.457 e. The molecule has 3 aromatic carbocycles. The zero-order valence-electron chi connectivity index (χ0n) is 19.0. The Morgan fingerprint density at radius 2 is 1.12 bits per heavy atom. The van der Waals surface area contributed by atoms with E-state index in [2.05, 4.69) is 75.4 Å². The highest BCUT2D eigenvalue weighted by molar-refractivity contribution is 5.92. The Hall–Kier alpha value is -3.84. The van der Waals surface area contributed by atoms with Gasteiger partial charge in [-0.2, -0.15) is 0 Å². The number of allylic oxidation sites excluding steroid dienone is 4. The number of aryl methyl sites for hydroxylation is 2. The number of ether oxygens (including phenoxy) is 1. The fourth-order valence-electron chi connectivity index (χ4n) is 4.78. The van der Waals surface area contributed by atoms with Crippen LogP contribution in [0.15, 0.2) is 93.6 Å². The maximum absolute atomic E-state index is 6.05. The van der Waals surface area contributed by atoms with Crippen molar-refractivity contribution in [2.24, 2.45) is 0 Å². The molecule has 0 radical (unpaired) electrons. The van der Waals surface area contributed by atoms with Gasteiger partial charge in [-0.25, -0.2) is 0 Å². The number of rotatable bonds is 6. The lowest BCUT2D eigenvalue weighted by molar-refractivity contribution is 0.516. The van der Waals surface area contributed by atoms with E-state index in [0.717, 1.165) is 53.7 Å². The van der Waals surface area contributed by atoms with Crippen LogP contribution in [0, 0.1) is 0 Å². The van der Waals surface area contributed by atoms with Crippen LogP contribution in [0.4, 0.5) is 0 Å². The quantitative estimate of drug-likeness (QED) is 0.358. The van der Waals surface area contributed by atoms with Gasteiger partial charge in [0.05, 0.1) is 0 Å². The number of hydrogen-bond acceptors (Lipinski definition) is 1. The van der Waals surface area contributed by atoms with Gasteiger partial charge in [0.2, 0.25) is 0 Å². The summed E-state index contributed by atoms with van der Waals surface area (Å²) in [7, 11) is 0. The SMILES string of the molecule is C=C(Oc1ccc(CCc2ccc3c(c2)C(=C)CC3=C)cc1)c1ccc2c(c1)C(=C)CC2=C. The second kappa shape index (κ2) is 8.26. The number of fused-ring (bicyclic) bond motifs is 2. The van der Waals surface area contributed by atoms with E-state index in [9.17, 15) is 0 Å². The van der Waals surface area contributed by atoms with Gasteiger partial charge in [-0.3, -0.25) is 0 Å². The molecule has 3 aromatic rings. The zero-order valence-corrected chi connectivity index (χ0v) is 19.0. The predicted molar refractivity (Wildman–Crippen MR) is 142 cm³/mol. The normalized spacial score (nSPS) is 14.4. The van der Waals surface area contributed by atoms with Crippen LogP contribution in [0.3, 0.4) is 0 Å². The molecule has 2 aliphatic carbocycles. The van der Waals surface area contributed by atoms with Crippen LogP contribution in [0.2, 0.25) is 0 Å². The summed E-state index contributed by atoms with van der Waals surface area (Å²) in [6.45, 7) is 20.8. The van der Waals surface area contributed by atoms with E-state index in [1.54, 1.807) is 0 Å². The third-order valence-corrected chi connectivity index (χ3v) is 6.67. The molecule has 0 saturated carbocycles. The van der Waals surface area contributed by atoms with Crippen molar-refractivity contribution in [3.63, 3.8) is 0 Å². The Morgan fingerprint density at radius 3 is 1.79 bits per heavy atom. The van der Waals surface area contributed by atoms with Crippen LogP contribution in [0.25, 0.3) is 28.1 Å². The summed E-state index contributed by atoms with van der Waals surface area (Å²) in [4.78, 5) is 0. The highest BCUT2D eigenvalue weighted by Gasteiger charge is 2.19. The fraction of sp³-hybridized carbons (Fsp3) is 0.125. The minimum atomic E-state index is 0.635. The van der Waals surface area contributed by atoms with Gasteiger partial charge in [0.25, 0.3) is 0 Å². The van der Waals surface area contributed by atoms with E-state index in [0.29, 0.717) is 5.76 Å². The standard InChI is InChI=1S/C32H28O/c1-20-16-22(3)31-18-26(10-14-29(20)31)7-6-25-8-12-28(13-9-25)33-24(5)27-11-15-30-21(2)17-23(4)32(30)19-27/h8-15,18-19H,1-7,16-17H2. The highest BCUT2D eigenvalue weighted by atomic mass is 16.5. The molecule has 2 aliphatic rings. The third kappa shape index (κ3) is 4.03. The molecular formula is C32H28O. The Morgan fingerprint density at radius 1 is 0.606 bits per heavy atom. The molecule has 0 saturated heterocycles. The lowest BCUT2D eigenvalue weighted by Crippen LogP contribution is -1.96. The van der Waals surface area contributed by atoms with Crippen LogP contribution in [-0.4, -0.2) is 0 Å². The summed E-state index contributed by atoms with van der Waals surface area (Å²) in [6.07, 6.45) is 3.69. The highest BCUT2D eigenvalue weighted by Crippen LogP contribution is 2.40. The van der Waals surface area contributed by atoms with Crippen molar-refractivity contribution in [3.05, 3.63) is 133 Å². The van der Waals surface area contributed by atoms with Crippen LogP contribution < -0.4 is 4.74 Å². The maximum atomic E-state index is 6.05. The summed E-state index contributed by atoms with van der Waals surface area (Å²) in [6, 6.07) is 21.2. The van der Waals surface area contributed by atoms with Crippen molar-refractivity contribution in [2.75, 3.05) is 0 Å². The lowest BCUT2D eigenvalue weighted by atomic mass is 9.99. The Bertz CT molecular complexity index is 1350. The lowest BCUT2D eigenvalue weighted by Gasteiger charge is -2.11. The largest absolute Gasteiger partial charge is 0.457 e. The summed E-state index contributed by atoms with van der Waals surface area (Å²) < 4.78 is 6.05. The molecule has 0 N–H and O–H groups in total. The molecule has 33 heavy (non-hydrogen) atoms. The minimum absolute atomic E-state index is 0.635. The van der Waals surface area contributed by atoms with Gasteiger partial charge >= 0.3 is 0 Å². The fourth-order valence-corrected chi connectivity index (χ4v) is 4.78. The van der Waals surface area contributed by atoms with E-state index >= 15 is 0 Å². The van der Waals surface area contributed by atoms with Gasteiger partial charge < -0.3 is 4.74 Å². The Kier molecular flexibility index (Phi) is 5.26.